The maximum absolute atomic E-state index is 13.8. The van der Waals surface area contributed by atoms with Gasteiger partial charge in [0.15, 0.2) is 0 Å². The summed E-state index contributed by atoms with van der Waals surface area (Å²) in [5.74, 6) is -1.65. The number of methoxy groups -OCH3 is 2. The van der Waals surface area contributed by atoms with Crippen molar-refractivity contribution in [3.63, 3.8) is 0 Å². The summed E-state index contributed by atoms with van der Waals surface area (Å²) in [6, 6.07) is 16.6. The van der Waals surface area contributed by atoms with Gasteiger partial charge in [0.1, 0.15) is 23.1 Å². The fourth-order valence-electron chi connectivity index (χ4n) is 4.32. The zero-order valence-electron chi connectivity index (χ0n) is 20.8. The number of amides is 1. The lowest BCUT2D eigenvalue weighted by Gasteiger charge is -2.26. The van der Waals surface area contributed by atoms with Crippen molar-refractivity contribution >= 4 is 23.1 Å². The lowest BCUT2D eigenvalue weighted by molar-refractivity contribution is -0.132. The van der Waals surface area contributed by atoms with E-state index < -0.39 is 23.5 Å². The predicted octanol–water partition coefficient (Wildman–Crippen LogP) is 5.77. The molecule has 0 saturated carbocycles. The van der Waals surface area contributed by atoms with Crippen molar-refractivity contribution in [2.75, 3.05) is 19.1 Å². The highest BCUT2D eigenvalue weighted by Gasteiger charge is 2.47. The van der Waals surface area contributed by atoms with E-state index in [4.69, 9.17) is 9.47 Å². The van der Waals surface area contributed by atoms with Crippen molar-refractivity contribution in [1.29, 1.82) is 0 Å². The number of hydrogen-bond acceptors (Lipinski definition) is 5. The van der Waals surface area contributed by atoms with Crippen LogP contribution < -0.4 is 14.4 Å². The Labute approximate surface area is 209 Å². The Bertz CT molecular complexity index is 1350. The first-order chi connectivity index (χ1) is 17.1. The lowest BCUT2D eigenvalue weighted by Crippen LogP contribution is -2.29. The van der Waals surface area contributed by atoms with Gasteiger partial charge >= 0.3 is 0 Å². The Morgan fingerprint density at radius 2 is 1.64 bits per heavy atom. The number of hydrogen-bond donors (Lipinski definition) is 1. The van der Waals surface area contributed by atoms with Crippen LogP contribution in [0.5, 0.6) is 11.5 Å². The van der Waals surface area contributed by atoms with E-state index in [0.29, 0.717) is 28.3 Å². The van der Waals surface area contributed by atoms with Crippen LogP contribution in [0.25, 0.3) is 5.76 Å². The first-order valence-electron chi connectivity index (χ1n) is 11.5. The molecule has 4 rings (SSSR count). The van der Waals surface area contributed by atoms with Crippen molar-refractivity contribution in [3.8, 4) is 11.5 Å². The molecule has 6 nitrogen and oxygen atoms in total. The molecular formula is C29H28FNO5. The molecule has 0 spiro atoms. The van der Waals surface area contributed by atoms with Gasteiger partial charge in [0.25, 0.3) is 11.7 Å². The fourth-order valence-corrected chi connectivity index (χ4v) is 4.32. The van der Waals surface area contributed by atoms with Crippen molar-refractivity contribution in [1.82, 2.24) is 0 Å². The van der Waals surface area contributed by atoms with Crippen molar-refractivity contribution < 1.29 is 28.6 Å². The number of ether oxygens (including phenoxy) is 2. The van der Waals surface area contributed by atoms with E-state index in [9.17, 15) is 19.1 Å². The number of rotatable bonds is 5. The first kappa shape index (κ1) is 25.0. The van der Waals surface area contributed by atoms with Gasteiger partial charge in [-0.05, 0) is 52.9 Å². The minimum absolute atomic E-state index is 0.112. The van der Waals surface area contributed by atoms with Crippen LogP contribution in [0.3, 0.4) is 0 Å². The minimum Gasteiger partial charge on any atom is -0.507 e. The first-order valence-corrected chi connectivity index (χ1v) is 11.5. The van der Waals surface area contributed by atoms with E-state index in [1.165, 1.54) is 43.4 Å². The number of benzene rings is 3. The van der Waals surface area contributed by atoms with E-state index in [0.717, 1.165) is 5.56 Å². The SMILES string of the molecule is COc1cccc(N2C(=O)C(=O)/C(=C(/O)c3cc(C(C)(C)C)ccc3OC)C2c2ccc(F)cc2)c1. The molecular weight excluding hydrogens is 461 g/mol. The lowest BCUT2D eigenvalue weighted by atomic mass is 9.85. The normalized spacial score (nSPS) is 17.4. The Morgan fingerprint density at radius 3 is 2.25 bits per heavy atom. The standard InChI is InChI=1S/C29H28FNO5/c1-29(2,3)18-11-14-23(36-5)22(15-18)26(32)24-25(17-9-12-19(30)13-10-17)31(28(34)27(24)33)20-7-6-8-21(16-20)35-4/h6-16,25,32H,1-5H3/b26-24+. The molecule has 3 aromatic carbocycles. The second-order valence-corrected chi connectivity index (χ2v) is 9.59. The van der Waals surface area contributed by atoms with Gasteiger partial charge in [0.05, 0.1) is 31.4 Å². The zero-order valence-corrected chi connectivity index (χ0v) is 20.8. The second kappa shape index (κ2) is 9.49. The van der Waals surface area contributed by atoms with Crippen LogP contribution in [0.1, 0.15) is 43.5 Å². The molecule has 1 heterocycles. The number of nitrogens with zero attached hydrogens (tertiary/aromatic N) is 1. The van der Waals surface area contributed by atoms with E-state index >= 15 is 0 Å². The molecule has 1 N–H and O–H groups in total. The molecule has 1 aliphatic rings. The fraction of sp³-hybridized carbons (Fsp3) is 0.241. The average Bonchev–Trinajstić information content (AvgIpc) is 3.13. The second-order valence-electron chi connectivity index (χ2n) is 9.59. The number of ketones is 1. The van der Waals surface area contributed by atoms with E-state index in [1.54, 1.807) is 36.4 Å². The number of halogens is 1. The van der Waals surface area contributed by atoms with Crippen LogP contribution in [0, 0.1) is 5.82 Å². The third-order valence-corrected chi connectivity index (χ3v) is 6.28. The molecule has 1 amide bonds. The average molecular weight is 490 g/mol. The maximum Gasteiger partial charge on any atom is 0.300 e. The quantitative estimate of drug-likeness (QED) is 0.280. The molecule has 186 valence electrons. The molecule has 0 radical (unpaired) electrons. The molecule has 1 saturated heterocycles. The molecule has 1 atom stereocenters. The largest absolute Gasteiger partial charge is 0.507 e. The highest BCUT2D eigenvalue weighted by Crippen LogP contribution is 2.44. The molecule has 7 heteroatoms. The van der Waals surface area contributed by atoms with Crippen LogP contribution in [0.2, 0.25) is 0 Å². The van der Waals surface area contributed by atoms with Crippen LogP contribution in [-0.2, 0) is 15.0 Å². The van der Waals surface area contributed by atoms with Crippen LogP contribution in [0.4, 0.5) is 10.1 Å². The number of aliphatic hydroxyl groups is 1. The molecule has 1 aliphatic heterocycles. The number of carbonyl (C=O) groups is 2. The summed E-state index contributed by atoms with van der Waals surface area (Å²) in [5, 5.41) is 11.6. The summed E-state index contributed by atoms with van der Waals surface area (Å²) in [5.41, 5.74) is 1.71. The Balaban J connectivity index is 1.99. The van der Waals surface area contributed by atoms with Gasteiger partial charge < -0.3 is 14.6 Å². The summed E-state index contributed by atoms with van der Waals surface area (Å²) in [4.78, 5) is 28.1. The van der Waals surface area contributed by atoms with E-state index in [1.807, 2.05) is 26.8 Å². The molecule has 0 bridgehead atoms. The number of carbonyl (C=O) groups excluding carboxylic acids is 2. The van der Waals surface area contributed by atoms with Gasteiger partial charge in [0, 0.05) is 11.8 Å². The highest BCUT2D eigenvalue weighted by atomic mass is 19.1. The van der Waals surface area contributed by atoms with Gasteiger partial charge in [-0.2, -0.15) is 0 Å². The zero-order chi connectivity index (χ0) is 26.2. The van der Waals surface area contributed by atoms with Gasteiger partial charge in [0.2, 0.25) is 0 Å². The molecule has 3 aromatic rings. The predicted molar refractivity (Wildman–Crippen MR) is 136 cm³/mol. The van der Waals surface area contributed by atoms with Gasteiger partial charge in [-0.1, -0.05) is 45.0 Å². The van der Waals surface area contributed by atoms with Crippen LogP contribution >= 0.6 is 0 Å². The summed E-state index contributed by atoms with van der Waals surface area (Å²) in [6.07, 6.45) is 0. The third kappa shape index (κ3) is 4.44. The van der Waals surface area contributed by atoms with Crippen molar-refractivity contribution in [2.45, 2.75) is 32.2 Å². The Hall–Kier alpha value is -4.13. The Morgan fingerprint density at radius 1 is 0.944 bits per heavy atom. The molecule has 0 aromatic heterocycles. The van der Waals surface area contributed by atoms with Crippen LogP contribution in [-0.4, -0.2) is 31.0 Å². The summed E-state index contributed by atoms with van der Waals surface area (Å²) >= 11 is 0. The van der Waals surface area contributed by atoms with Gasteiger partial charge in [-0.25, -0.2) is 4.39 Å². The molecule has 1 fully saturated rings. The summed E-state index contributed by atoms with van der Waals surface area (Å²) < 4.78 is 24.6. The van der Waals surface area contributed by atoms with E-state index in [-0.39, 0.29) is 16.7 Å². The third-order valence-electron chi connectivity index (χ3n) is 6.28. The number of aliphatic hydroxyl groups excluding tert-OH is 1. The van der Waals surface area contributed by atoms with E-state index in [2.05, 4.69) is 0 Å². The van der Waals surface area contributed by atoms with Crippen molar-refractivity contribution in [2.24, 2.45) is 0 Å². The maximum atomic E-state index is 13.8. The monoisotopic (exact) mass is 489 g/mol. The molecule has 1 unspecified atom stereocenters. The van der Waals surface area contributed by atoms with Gasteiger partial charge in [-0.15, -0.1) is 0 Å². The van der Waals surface area contributed by atoms with Crippen molar-refractivity contribution in [3.05, 3.63) is 94.8 Å². The smallest absolute Gasteiger partial charge is 0.300 e. The van der Waals surface area contributed by atoms with Crippen LogP contribution in [0.15, 0.2) is 72.3 Å². The number of Topliss-reactive ketones (excluding diaryl/α,β-unsaturated/α-hetero) is 1. The van der Waals surface area contributed by atoms with Gasteiger partial charge in [-0.3, -0.25) is 14.5 Å². The molecule has 36 heavy (non-hydrogen) atoms. The molecule has 0 aliphatic carbocycles. The topological polar surface area (TPSA) is 76.1 Å². The summed E-state index contributed by atoms with van der Waals surface area (Å²) in [6.45, 7) is 6.08. The minimum atomic E-state index is -0.999. The Kier molecular flexibility index (Phi) is 6.59. The highest BCUT2D eigenvalue weighted by molar-refractivity contribution is 6.51. The number of anilines is 1. The summed E-state index contributed by atoms with van der Waals surface area (Å²) in [7, 11) is 2.97.